The fourth-order valence-corrected chi connectivity index (χ4v) is 4.33. The van der Waals surface area contributed by atoms with Crippen molar-refractivity contribution in [3.63, 3.8) is 0 Å². The number of rotatable bonds is 10. The van der Waals surface area contributed by atoms with Gasteiger partial charge in [-0.05, 0) is 36.1 Å². The molecule has 0 saturated heterocycles. The number of para-hydroxylation sites is 1. The van der Waals surface area contributed by atoms with Crippen molar-refractivity contribution < 1.29 is 14.3 Å². The molecule has 0 aromatic heterocycles. The van der Waals surface area contributed by atoms with E-state index in [1.54, 1.807) is 24.3 Å². The molecule has 0 aliphatic carbocycles. The second-order valence-electron chi connectivity index (χ2n) is 7.08. The van der Waals surface area contributed by atoms with Crippen LogP contribution in [0.4, 0.5) is 0 Å². The van der Waals surface area contributed by atoms with E-state index in [4.69, 9.17) is 15.2 Å². The molecule has 35 heavy (non-hydrogen) atoms. The summed E-state index contributed by atoms with van der Waals surface area (Å²) in [6, 6.07) is 23.9. The number of nitrogens with one attached hydrogen (secondary N) is 1. The Morgan fingerprint density at radius 2 is 1.80 bits per heavy atom. The highest BCUT2D eigenvalue weighted by molar-refractivity contribution is 8.38. The first-order chi connectivity index (χ1) is 17.2. The summed E-state index contributed by atoms with van der Waals surface area (Å²) in [7, 11) is 0. The number of aliphatic imine (C=N–C) groups is 1. The molecule has 0 saturated carbocycles. The normalized spacial score (nSPS) is 11.1. The Bertz CT molecular complexity index is 1180. The summed E-state index contributed by atoms with van der Waals surface area (Å²) in [6.07, 6.45) is 1.85. The summed E-state index contributed by atoms with van der Waals surface area (Å²) >= 11 is 2.76. The maximum Gasteiger partial charge on any atom is 0.286 e. The van der Waals surface area contributed by atoms with Gasteiger partial charge in [-0.2, -0.15) is 10.3 Å². The minimum Gasteiger partial charge on any atom is -0.488 e. The minimum absolute atomic E-state index is 0.103. The first-order valence-corrected chi connectivity index (χ1v) is 13.0. The largest absolute Gasteiger partial charge is 0.488 e. The average Bonchev–Trinajstić information content (AvgIpc) is 2.90. The van der Waals surface area contributed by atoms with Gasteiger partial charge in [0.25, 0.3) is 5.91 Å². The van der Waals surface area contributed by atoms with Gasteiger partial charge in [0.05, 0.1) is 5.56 Å². The second-order valence-corrected chi connectivity index (χ2v) is 9.10. The zero-order valence-electron chi connectivity index (χ0n) is 19.3. The van der Waals surface area contributed by atoms with Crippen molar-refractivity contribution in [1.29, 1.82) is 5.26 Å². The molecule has 3 aromatic rings. The summed E-state index contributed by atoms with van der Waals surface area (Å²) < 4.78 is 12.6. The molecule has 3 rings (SSSR count). The van der Waals surface area contributed by atoms with Crippen LogP contribution in [-0.4, -0.2) is 35.5 Å². The number of carbonyl (C=O) groups is 1. The van der Waals surface area contributed by atoms with Gasteiger partial charge in [0.1, 0.15) is 34.1 Å². The number of benzene rings is 3. The third kappa shape index (κ3) is 7.87. The molecule has 0 bridgehead atoms. The Hall–Kier alpha value is -3.29. The lowest BCUT2D eigenvalue weighted by Crippen LogP contribution is -2.22. The molecule has 7 nitrogen and oxygen atoms in total. The second kappa shape index (κ2) is 14.2. The molecule has 9 heteroatoms. The highest BCUT2D eigenvalue weighted by Gasteiger charge is 2.24. The Labute approximate surface area is 213 Å². The molecule has 0 spiro atoms. The Balaban J connectivity index is 2.00. The predicted octanol–water partition coefficient (Wildman–Crippen LogP) is 5.03. The lowest BCUT2D eigenvalue weighted by molar-refractivity contribution is 0.0996. The van der Waals surface area contributed by atoms with Crippen LogP contribution in [0, 0.1) is 11.3 Å². The standard InChI is InChI=1S/C26H26N4O3S2/c1-34-26(35-18-29-15-14-27)30-25(31)23-22(32-17-19-8-4-2-5-9-19)13-12-20(16-28)24(23)33-21-10-6-3-7-11-21/h2-13,29H,14-15,17-18,27H2,1H3/b30-26+. The summed E-state index contributed by atoms with van der Waals surface area (Å²) in [5, 5.41) is 12.9. The van der Waals surface area contributed by atoms with Crippen LogP contribution in [0.3, 0.4) is 0 Å². The third-order valence-corrected chi connectivity index (χ3v) is 6.62. The Kier molecular flexibility index (Phi) is 10.7. The molecule has 1 amide bonds. The van der Waals surface area contributed by atoms with Gasteiger partial charge in [0.15, 0.2) is 5.75 Å². The first-order valence-electron chi connectivity index (χ1n) is 10.8. The van der Waals surface area contributed by atoms with Crippen molar-refractivity contribution in [1.82, 2.24) is 5.32 Å². The van der Waals surface area contributed by atoms with Crippen LogP contribution >= 0.6 is 23.5 Å². The molecule has 0 unspecified atom stereocenters. The van der Waals surface area contributed by atoms with Gasteiger partial charge in [-0.3, -0.25) is 4.79 Å². The van der Waals surface area contributed by atoms with Crippen LogP contribution in [0.1, 0.15) is 21.5 Å². The molecule has 0 aliphatic rings. The molecular weight excluding hydrogens is 480 g/mol. The lowest BCUT2D eigenvalue weighted by Gasteiger charge is -2.16. The number of nitrogens with zero attached hydrogens (tertiary/aromatic N) is 2. The molecule has 0 fully saturated rings. The van der Waals surface area contributed by atoms with Crippen molar-refractivity contribution in [2.24, 2.45) is 10.7 Å². The highest BCUT2D eigenvalue weighted by atomic mass is 32.2. The van der Waals surface area contributed by atoms with Crippen LogP contribution in [-0.2, 0) is 6.61 Å². The fourth-order valence-electron chi connectivity index (χ4n) is 2.99. The molecular formula is C26H26N4O3S2. The fraction of sp³-hybridized carbons (Fsp3) is 0.192. The monoisotopic (exact) mass is 506 g/mol. The van der Waals surface area contributed by atoms with Crippen LogP contribution in [0.15, 0.2) is 77.8 Å². The molecule has 0 aliphatic heterocycles. The number of amides is 1. The number of thioether (sulfide) groups is 2. The van der Waals surface area contributed by atoms with Crippen LogP contribution in [0.25, 0.3) is 0 Å². The zero-order valence-corrected chi connectivity index (χ0v) is 20.9. The smallest absolute Gasteiger partial charge is 0.286 e. The maximum atomic E-state index is 13.5. The van der Waals surface area contributed by atoms with Crippen LogP contribution in [0.2, 0.25) is 0 Å². The predicted molar refractivity (Wildman–Crippen MR) is 143 cm³/mol. The van der Waals surface area contributed by atoms with Gasteiger partial charge >= 0.3 is 0 Å². The van der Waals surface area contributed by atoms with Gasteiger partial charge < -0.3 is 20.5 Å². The zero-order chi connectivity index (χ0) is 24.9. The summed E-state index contributed by atoms with van der Waals surface area (Å²) in [5.74, 6) is 0.913. The Morgan fingerprint density at radius 3 is 2.46 bits per heavy atom. The quantitative estimate of drug-likeness (QED) is 0.171. The van der Waals surface area contributed by atoms with Crippen molar-refractivity contribution in [3.8, 4) is 23.3 Å². The minimum atomic E-state index is -0.549. The molecule has 3 aromatic carbocycles. The van der Waals surface area contributed by atoms with E-state index in [9.17, 15) is 10.1 Å². The molecule has 0 atom stereocenters. The van der Waals surface area contributed by atoms with E-state index >= 15 is 0 Å². The average molecular weight is 507 g/mol. The molecule has 0 radical (unpaired) electrons. The van der Waals surface area contributed by atoms with Crippen molar-refractivity contribution in [2.45, 2.75) is 6.61 Å². The molecule has 0 heterocycles. The number of ether oxygens (including phenoxy) is 2. The number of nitriles is 1. The summed E-state index contributed by atoms with van der Waals surface area (Å²) in [6.45, 7) is 1.43. The van der Waals surface area contributed by atoms with E-state index in [1.165, 1.54) is 23.5 Å². The van der Waals surface area contributed by atoms with Gasteiger partial charge in [-0.1, -0.05) is 60.3 Å². The van der Waals surface area contributed by atoms with Gasteiger partial charge in [0, 0.05) is 19.0 Å². The highest BCUT2D eigenvalue weighted by Crippen LogP contribution is 2.37. The van der Waals surface area contributed by atoms with E-state index in [0.29, 0.717) is 34.8 Å². The SMILES string of the molecule is CS/C(=N\C(=O)c1c(OCc2ccccc2)ccc(C#N)c1Oc1ccccc1)SCNCCN. The van der Waals surface area contributed by atoms with E-state index < -0.39 is 5.91 Å². The maximum absolute atomic E-state index is 13.5. The number of nitrogens with two attached hydrogens (primary N) is 1. The van der Waals surface area contributed by atoms with Crippen molar-refractivity contribution >= 4 is 33.8 Å². The first kappa shape index (κ1) is 26.3. The van der Waals surface area contributed by atoms with Crippen molar-refractivity contribution in [3.05, 3.63) is 89.5 Å². The van der Waals surface area contributed by atoms with Crippen molar-refractivity contribution in [2.75, 3.05) is 25.2 Å². The number of hydrogen-bond acceptors (Lipinski definition) is 8. The Morgan fingerprint density at radius 1 is 1.09 bits per heavy atom. The van der Waals surface area contributed by atoms with Gasteiger partial charge in [-0.15, -0.1) is 11.8 Å². The van der Waals surface area contributed by atoms with E-state index in [2.05, 4.69) is 16.4 Å². The topological polar surface area (TPSA) is 110 Å². The van der Waals surface area contributed by atoms with E-state index in [0.717, 1.165) is 5.56 Å². The van der Waals surface area contributed by atoms with E-state index in [1.807, 2.05) is 54.8 Å². The number of hydrogen-bond donors (Lipinski definition) is 2. The lowest BCUT2D eigenvalue weighted by atomic mass is 10.1. The summed E-state index contributed by atoms with van der Waals surface area (Å²) in [5.41, 5.74) is 6.77. The van der Waals surface area contributed by atoms with Crippen LogP contribution < -0.4 is 20.5 Å². The van der Waals surface area contributed by atoms with E-state index in [-0.39, 0.29) is 23.5 Å². The molecule has 180 valence electrons. The van der Waals surface area contributed by atoms with Crippen LogP contribution in [0.5, 0.6) is 17.2 Å². The molecule has 3 N–H and O–H groups in total. The third-order valence-electron chi connectivity index (χ3n) is 4.64. The van der Waals surface area contributed by atoms with Gasteiger partial charge in [-0.25, -0.2) is 0 Å². The number of carbonyl (C=O) groups excluding carboxylic acids is 1. The summed E-state index contributed by atoms with van der Waals surface area (Å²) in [4.78, 5) is 17.8. The van der Waals surface area contributed by atoms with Gasteiger partial charge in [0.2, 0.25) is 0 Å².